The summed E-state index contributed by atoms with van der Waals surface area (Å²) in [5.41, 5.74) is 0.893. The van der Waals surface area contributed by atoms with Crippen LogP contribution >= 0.6 is 11.8 Å². The molecule has 1 aliphatic heterocycles. The third-order valence-electron chi connectivity index (χ3n) is 4.35. The Bertz CT molecular complexity index is 668. The van der Waals surface area contributed by atoms with E-state index >= 15 is 0 Å². The molecule has 0 aliphatic carbocycles. The fourth-order valence-electron chi connectivity index (χ4n) is 2.85. The number of carbonyl (C=O) groups excluding carboxylic acids is 1. The van der Waals surface area contributed by atoms with Crippen LogP contribution in [0.2, 0.25) is 0 Å². The molecule has 1 N–H and O–H groups in total. The number of carbonyl (C=O) groups is 1. The van der Waals surface area contributed by atoms with Crippen molar-refractivity contribution in [3.05, 3.63) is 30.3 Å². The van der Waals surface area contributed by atoms with Gasteiger partial charge in [0.05, 0.1) is 43.7 Å². The number of quaternary nitrogens is 1. The largest absolute Gasteiger partial charge is 0.332 e. The smallest absolute Gasteiger partial charge is 0.236 e. The Kier molecular flexibility index (Phi) is 5.47. The molecule has 128 valence electrons. The highest BCUT2D eigenvalue weighted by Gasteiger charge is 2.28. The van der Waals surface area contributed by atoms with Crippen molar-refractivity contribution in [2.45, 2.75) is 24.3 Å². The van der Waals surface area contributed by atoms with Crippen LogP contribution in [0.25, 0.3) is 5.69 Å². The fraction of sp³-hybridized carbons (Fsp3) is 0.500. The second kappa shape index (κ2) is 7.76. The molecule has 8 heteroatoms. The van der Waals surface area contributed by atoms with Gasteiger partial charge in [-0.25, -0.2) is 0 Å². The zero-order valence-corrected chi connectivity index (χ0v) is 14.9. The molecular weight excluding hydrogens is 324 g/mol. The number of nitrogens with zero attached hydrogens (tertiary/aromatic N) is 5. The molecule has 24 heavy (non-hydrogen) atoms. The van der Waals surface area contributed by atoms with E-state index in [1.165, 1.54) is 11.8 Å². The van der Waals surface area contributed by atoms with E-state index in [0.717, 1.165) is 38.4 Å². The first-order valence-corrected chi connectivity index (χ1v) is 9.19. The number of amides is 1. The molecule has 2 aromatic rings. The maximum absolute atomic E-state index is 12.7. The van der Waals surface area contributed by atoms with Crippen molar-refractivity contribution in [1.82, 2.24) is 25.1 Å². The highest BCUT2D eigenvalue weighted by Crippen LogP contribution is 2.24. The lowest BCUT2D eigenvalue weighted by molar-refractivity contribution is -0.902. The normalized spacial score (nSPS) is 17.0. The number of hydrogen-bond donors (Lipinski definition) is 1. The van der Waals surface area contributed by atoms with Gasteiger partial charge in [-0.3, -0.25) is 4.79 Å². The number of para-hydroxylation sites is 1. The predicted molar refractivity (Wildman–Crippen MR) is 92.3 cm³/mol. The standard InChI is InChI=1S/C16H22N6OS/c1-3-20-9-11-21(12-10-20)15(23)13(2)24-16-17-18-19-22(16)14-7-5-4-6-8-14/h4-8,13H,3,9-12H2,1-2H3/p+1/t13-/m1/s1. The van der Waals surface area contributed by atoms with Gasteiger partial charge >= 0.3 is 0 Å². The molecule has 1 aromatic carbocycles. The lowest BCUT2D eigenvalue weighted by Gasteiger charge is -2.32. The number of benzene rings is 1. The Hall–Kier alpha value is -1.93. The number of likely N-dealkylation sites (N-methyl/N-ethyl adjacent to an activating group) is 1. The Balaban J connectivity index is 1.64. The molecule has 7 nitrogen and oxygen atoms in total. The minimum Gasteiger partial charge on any atom is -0.332 e. The summed E-state index contributed by atoms with van der Waals surface area (Å²) in [7, 11) is 0. The van der Waals surface area contributed by atoms with E-state index in [2.05, 4.69) is 22.4 Å². The maximum atomic E-state index is 12.7. The number of aromatic nitrogens is 4. The Morgan fingerprint density at radius 1 is 1.29 bits per heavy atom. The van der Waals surface area contributed by atoms with Crippen molar-refractivity contribution in [2.75, 3.05) is 32.7 Å². The van der Waals surface area contributed by atoms with Crippen molar-refractivity contribution >= 4 is 17.7 Å². The highest BCUT2D eigenvalue weighted by atomic mass is 32.2. The molecular formula is C16H23N6OS+. The zero-order chi connectivity index (χ0) is 16.9. The molecule has 0 radical (unpaired) electrons. The van der Waals surface area contributed by atoms with Gasteiger partial charge in [0.1, 0.15) is 0 Å². The topological polar surface area (TPSA) is 68.3 Å². The predicted octanol–water partition coefficient (Wildman–Crippen LogP) is -0.110. The number of hydrogen-bond acceptors (Lipinski definition) is 5. The summed E-state index contributed by atoms with van der Waals surface area (Å²) in [4.78, 5) is 16.2. The van der Waals surface area contributed by atoms with Gasteiger partial charge in [0.25, 0.3) is 0 Å². The third-order valence-corrected chi connectivity index (χ3v) is 5.37. The molecule has 3 rings (SSSR count). The van der Waals surface area contributed by atoms with Gasteiger partial charge in [0.15, 0.2) is 0 Å². The van der Waals surface area contributed by atoms with E-state index in [0.29, 0.717) is 5.16 Å². The Labute approximate surface area is 146 Å². The molecule has 1 saturated heterocycles. The molecule has 0 bridgehead atoms. The lowest BCUT2D eigenvalue weighted by atomic mass is 10.3. The molecule has 1 amide bonds. The average Bonchev–Trinajstić information content (AvgIpc) is 3.10. The Morgan fingerprint density at radius 3 is 2.67 bits per heavy atom. The number of rotatable bonds is 5. The van der Waals surface area contributed by atoms with Crippen LogP contribution in [0.1, 0.15) is 13.8 Å². The van der Waals surface area contributed by atoms with E-state index in [4.69, 9.17) is 0 Å². The van der Waals surface area contributed by atoms with Gasteiger partial charge in [-0.05, 0) is 36.4 Å². The average molecular weight is 347 g/mol. The lowest BCUT2D eigenvalue weighted by Crippen LogP contribution is -3.14. The van der Waals surface area contributed by atoms with Crippen molar-refractivity contribution in [2.24, 2.45) is 0 Å². The summed E-state index contributed by atoms with van der Waals surface area (Å²) in [5, 5.41) is 12.3. The zero-order valence-electron chi connectivity index (χ0n) is 14.1. The molecule has 1 aromatic heterocycles. The van der Waals surface area contributed by atoms with Gasteiger partial charge in [0, 0.05) is 0 Å². The van der Waals surface area contributed by atoms with Crippen LogP contribution < -0.4 is 4.90 Å². The van der Waals surface area contributed by atoms with Crippen LogP contribution in [0.15, 0.2) is 35.5 Å². The highest BCUT2D eigenvalue weighted by molar-refractivity contribution is 8.00. The summed E-state index contributed by atoms with van der Waals surface area (Å²) >= 11 is 1.41. The van der Waals surface area contributed by atoms with Crippen LogP contribution in [0.4, 0.5) is 0 Å². The summed E-state index contributed by atoms with van der Waals surface area (Å²) in [6, 6.07) is 9.72. The summed E-state index contributed by atoms with van der Waals surface area (Å²) in [6.07, 6.45) is 0. The van der Waals surface area contributed by atoms with Gasteiger partial charge in [-0.2, -0.15) is 4.68 Å². The molecule has 2 heterocycles. The maximum Gasteiger partial charge on any atom is 0.236 e. The van der Waals surface area contributed by atoms with Crippen LogP contribution in [-0.4, -0.2) is 69.0 Å². The van der Waals surface area contributed by atoms with Gasteiger partial charge in [-0.1, -0.05) is 30.0 Å². The molecule has 1 atom stereocenters. The first-order valence-electron chi connectivity index (χ1n) is 8.32. The van der Waals surface area contributed by atoms with Crippen molar-refractivity contribution in [1.29, 1.82) is 0 Å². The number of piperazine rings is 1. The second-order valence-corrected chi connectivity index (χ2v) is 7.21. The van der Waals surface area contributed by atoms with Crippen LogP contribution in [0, 0.1) is 0 Å². The van der Waals surface area contributed by atoms with Crippen molar-refractivity contribution in [3.63, 3.8) is 0 Å². The van der Waals surface area contributed by atoms with Crippen LogP contribution in [0.5, 0.6) is 0 Å². The first-order chi connectivity index (χ1) is 11.7. The molecule has 0 spiro atoms. The SMILES string of the molecule is CC[NH+]1CCN(C(=O)[C@@H](C)Sc2nnnn2-c2ccccc2)CC1. The summed E-state index contributed by atoms with van der Waals surface area (Å²) in [5.74, 6) is 0.165. The number of tetrazole rings is 1. The second-order valence-electron chi connectivity index (χ2n) is 5.90. The number of thioether (sulfide) groups is 1. The number of nitrogens with one attached hydrogen (secondary N) is 1. The van der Waals surface area contributed by atoms with Crippen LogP contribution in [-0.2, 0) is 4.79 Å². The minimum absolute atomic E-state index is 0.165. The summed E-state index contributed by atoms with van der Waals surface area (Å²) < 4.78 is 1.67. The summed E-state index contributed by atoms with van der Waals surface area (Å²) in [6.45, 7) is 8.96. The van der Waals surface area contributed by atoms with E-state index in [1.54, 1.807) is 9.58 Å². The molecule has 1 aliphatic rings. The monoisotopic (exact) mass is 347 g/mol. The van der Waals surface area contributed by atoms with E-state index in [1.807, 2.05) is 42.2 Å². The van der Waals surface area contributed by atoms with Crippen molar-refractivity contribution < 1.29 is 9.69 Å². The quantitative estimate of drug-likeness (QED) is 0.765. The van der Waals surface area contributed by atoms with Gasteiger partial charge < -0.3 is 9.80 Å². The van der Waals surface area contributed by atoms with Crippen molar-refractivity contribution in [3.8, 4) is 5.69 Å². The Morgan fingerprint density at radius 2 is 2.00 bits per heavy atom. The van der Waals surface area contributed by atoms with E-state index in [9.17, 15) is 4.79 Å². The first kappa shape index (κ1) is 16.9. The third kappa shape index (κ3) is 3.76. The van der Waals surface area contributed by atoms with Crippen LogP contribution in [0.3, 0.4) is 0 Å². The molecule has 1 fully saturated rings. The molecule has 0 saturated carbocycles. The minimum atomic E-state index is -0.207. The molecule has 0 unspecified atom stereocenters. The fourth-order valence-corrected chi connectivity index (χ4v) is 3.74. The van der Waals surface area contributed by atoms with Gasteiger partial charge in [-0.15, -0.1) is 5.10 Å². The van der Waals surface area contributed by atoms with E-state index in [-0.39, 0.29) is 11.2 Å². The van der Waals surface area contributed by atoms with E-state index < -0.39 is 0 Å². The van der Waals surface area contributed by atoms with Gasteiger partial charge in [0.2, 0.25) is 11.1 Å².